The van der Waals surface area contributed by atoms with Gasteiger partial charge >= 0.3 is 0 Å². The molecule has 0 saturated carbocycles. The largest absolute Gasteiger partial charge is 0.497 e. The Labute approximate surface area is 192 Å². The quantitative estimate of drug-likeness (QED) is 0.513. The van der Waals surface area contributed by atoms with Crippen molar-refractivity contribution in [1.82, 2.24) is 20.1 Å². The zero-order valence-corrected chi connectivity index (χ0v) is 19.7. The number of carbonyl (C=O) groups excluding carboxylic acids is 1. The van der Waals surface area contributed by atoms with Gasteiger partial charge in [-0.1, -0.05) is 43.3 Å². The highest BCUT2D eigenvalue weighted by molar-refractivity contribution is 7.99. The van der Waals surface area contributed by atoms with Gasteiger partial charge in [-0.3, -0.25) is 9.36 Å². The zero-order valence-electron chi connectivity index (χ0n) is 18.9. The van der Waals surface area contributed by atoms with Gasteiger partial charge in [0, 0.05) is 11.3 Å². The highest BCUT2D eigenvalue weighted by Gasteiger charge is 2.30. The SMILES string of the molecule is COc1ccc(-c2nnc(SCC(=O)NC(C)(C#N)C(C)C)n2-c2ccc(C)cc2)cc1. The van der Waals surface area contributed by atoms with Crippen molar-refractivity contribution in [2.24, 2.45) is 5.92 Å². The van der Waals surface area contributed by atoms with Crippen molar-refractivity contribution < 1.29 is 9.53 Å². The van der Waals surface area contributed by atoms with Crippen LogP contribution in [0.25, 0.3) is 17.1 Å². The molecule has 0 aliphatic carbocycles. The first-order chi connectivity index (χ1) is 15.3. The van der Waals surface area contributed by atoms with Crippen molar-refractivity contribution in [3.63, 3.8) is 0 Å². The van der Waals surface area contributed by atoms with Crippen molar-refractivity contribution in [2.45, 2.75) is 38.4 Å². The summed E-state index contributed by atoms with van der Waals surface area (Å²) in [5.41, 5.74) is 2.01. The molecule has 0 fully saturated rings. The molecule has 1 heterocycles. The van der Waals surface area contributed by atoms with E-state index in [-0.39, 0.29) is 17.6 Å². The average Bonchev–Trinajstić information content (AvgIpc) is 3.22. The molecule has 8 heteroatoms. The second-order valence-electron chi connectivity index (χ2n) is 8.01. The van der Waals surface area contributed by atoms with Crippen LogP contribution in [0.4, 0.5) is 0 Å². The van der Waals surface area contributed by atoms with E-state index in [0.29, 0.717) is 11.0 Å². The average molecular weight is 450 g/mol. The van der Waals surface area contributed by atoms with E-state index in [1.165, 1.54) is 11.8 Å². The number of amides is 1. The fourth-order valence-electron chi connectivity index (χ4n) is 2.97. The number of carbonyl (C=O) groups is 1. The molecule has 0 saturated heterocycles. The number of rotatable bonds is 8. The third kappa shape index (κ3) is 5.11. The summed E-state index contributed by atoms with van der Waals surface area (Å²) in [5, 5.41) is 21.7. The van der Waals surface area contributed by atoms with Crippen LogP contribution in [0.1, 0.15) is 26.3 Å². The first-order valence-corrected chi connectivity index (χ1v) is 11.3. The lowest BCUT2D eigenvalue weighted by atomic mass is 9.90. The van der Waals surface area contributed by atoms with Crippen LogP contribution in [0, 0.1) is 24.2 Å². The van der Waals surface area contributed by atoms with Gasteiger partial charge in [-0.15, -0.1) is 10.2 Å². The van der Waals surface area contributed by atoms with Gasteiger partial charge in [-0.2, -0.15) is 5.26 Å². The number of nitrogens with zero attached hydrogens (tertiary/aromatic N) is 4. The van der Waals surface area contributed by atoms with Gasteiger partial charge in [0.15, 0.2) is 11.0 Å². The van der Waals surface area contributed by atoms with Crippen LogP contribution in [0.15, 0.2) is 53.7 Å². The monoisotopic (exact) mass is 449 g/mol. The van der Waals surface area contributed by atoms with Crippen molar-refractivity contribution >= 4 is 17.7 Å². The summed E-state index contributed by atoms with van der Waals surface area (Å²) in [5.74, 6) is 1.31. The molecule has 1 atom stereocenters. The van der Waals surface area contributed by atoms with Crippen LogP contribution in [-0.2, 0) is 4.79 Å². The van der Waals surface area contributed by atoms with Gasteiger partial charge in [0.05, 0.1) is 18.9 Å². The minimum Gasteiger partial charge on any atom is -0.497 e. The fraction of sp³-hybridized carbons (Fsp3) is 0.333. The maximum atomic E-state index is 12.6. The summed E-state index contributed by atoms with van der Waals surface area (Å²) in [4.78, 5) is 12.6. The normalized spacial score (nSPS) is 12.8. The van der Waals surface area contributed by atoms with Crippen molar-refractivity contribution in [3.8, 4) is 28.9 Å². The first-order valence-electron chi connectivity index (χ1n) is 10.3. The van der Waals surface area contributed by atoms with Crippen LogP contribution in [0.5, 0.6) is 5.75 Å². The second kappa shape index (κ2) is 9.88. The van der Waals surface area contributed by atoms with Gasteiger partial charge < -0.3 is 10.1 Å². The number of benzene rings is 2. The molecule has 3 rings (SSSR count). The topological polar surface area (TPSA) is 92.8 Å². The molecular formula is C24H27N5O2S. The van der Waals surface area contributed by atoms with E-state index in [1.54, 1.807) is 14.0 Å². The number of ether oxygens (including phenoxy) is 1. The number of hydrogen-bond donors (Lipinski definition) is 1. The van der Waals surface area contributed by atoms with E-state index in [2.05, 4.69) is 21.6 Å². The minimum absolute atomic E-state index is 0.0145. The van der Waals surface area contributed by atoms with Gasteiger partial charge in [0.1, 0.15) is 11.3 Å². The van der Waals surface area contributed by atoms with E-state index in [9.17, 15) is 10.1 Å². The highest BCUT2D eigenvalue weighted by atomic mass is 32.2. The summed E-state index contributed by atoms with van der Waals surface area (Å²) >= 11 is 1.28. The summed E-state index contributed by atoms with van der Waals surface area (Å²) in [6.07, 6.45) is 0. The molecule has 1 aromatic heterocycles. The molecule has 0 aliphatic rings. The van der Waals surface area contributed by atoms with Crippen molar-refractivity contribution in [1.29, 1.82) is 5.26 Å². The lowest BCUT2D eigenvalue weighted by Crippen LogP contribution is -2.49. The number of aromatic nitrogens is 3. The molecule has 0 spiro atoms. The number of thioether (sulfide) groups is 1. The Hall–Kier alpha value is -3.31. The first kappa shape index (κ1) is 23.4. The molecule has 1 unspecified atom stereocenters. The molecule has 3 aromatic rings. The second-order valence-corrected chi connectivity index (χ2v) is 8.95. The van der Waals surface area contributed by atoms with Crippen LogP contribution >= 0.6 is 11.8 Å². The minimum atomic E-state index is -0.920. The maximum absolute atomic E-state index is 12.6. The standard InChI is InChI=1S/C24H27N5O2S/c1-16(2)24(4,15-25)26-21(30)14-32-23-28-27-22(18-8-12-20(31-5)13-9-18)29(23)19-10-6-17(3)7-11-19/h6-13,16H,14H2,1-5H3,(H,26,30). The summed E-state index contributed by atoms with van der Waals surface area (Å²) in [6.45, 7) is 7.58. The highest BCUT2D eigenvalue weighted by Crippen LogP contribution is 2.29. The smallest absolute Gasteiger partial charge is 0.231 e. The van der Waals surface area contributed by atoms with Crippen LogP contribution < -0.4 is 10.1 Å². The Morgan fingerprint density at radius 3 is 2.41 bits per heavy atom. The Morgan fingerprint density at radius 1 is 1.19 bits per heavy atom. The Morgan fingerprint density at radius 2 is 1.84 bits per heavy atom. The van der Waals surface area contributed by atoms with Gasteiger partial charge in [-0.05, 0) is 56.2 Å². The van der Waals surface area contributed by atoms with Crippen LogP contribution in [0.2, 0.25) is 0 Å². The molecule has 166 valence electrons. The molecule has 0 aliphatic heterocycles. The van der Waals surface area contributed by atoms with E-state index in [0.717, 1.165) is 22.6 Å². The molecule has 1 amide bonds. The Bertz CT molecular complexity index is 1120. The van der Waals surface area contributed by atoms with E-state index in [1.807, 2.05) is 73.9 Å². The van der Waals surface area contributed by atoms with E-state index in [4.69, 9.17) is 4.74 Å². The predicted octanol–water partition coefficient (Wildman–Crippen LogP) is 4.40. The van der Waals surface area contributed by atoms with E-state index < -0.39 is 5.54 Å². The molecule has 7 nitrogen and oxygen atoms in total. The summed E-state index contributed by atoms with van der Waals surface area (Å²) in [6, 6.07) is 17.8. The van der Waals surface area contributed by atoms with Crippen molar-refractivity contribution in [3.05, 3.63) is 54.1 Å². The number of nitrogens with one attached hydrogen (secondary N) is 1. The Balaban J connectivity index is 1.90. The van der Waals surface area contributed by atoms with E-state index >= 15 is 0 Å². The maximum Gasteiger partial charge on any atom is 0.231 e. The summed E-state index contributed by atoms with van der Waals surface area (Å²) in [7, 11) is 1.63. The molecule has 0 radical (unpaired) electrons. The molecule has 32 heavy (non-hydrogen) atoms. The fourth-order valence-corrected chi connectivity index (χ4v) is 3.73. The number of nitriles is 1. The molecule has 1 N–H and O–H groups in total. The zero-order chi connectivity index (χ0) is 23.3. The predicted molar refractivity (Wildman–Crippen MR) is 126 cm³/mol. The van der Waals surface area contributed by atoms with Gasteiger partial charge in [0.2, 0.25) is 5.91 Å². The summed E-state index contributed by atoms with van der Waals surface area (Å²) < 4.78 is 7.19. The lowest BCUT2D eigenvalue weighted by molar-refractivity contribution is -0.120. The third-order valence-electron chi connectivity index (χ3n) is 5.39. The van der Waals surface area contributed by atoms with Gasteiger partial charge in [0.25, 0.3) is 0 Å². The molecular weight excluding hydrogens is 422 g/mol. The number of methoxy groups -OCH3 is 1. The molecule has 2 aromatic carbocycles. The number of aryl methyl sites for hydroxylation is 1. The third-order valence-corrected chi connectivity index (χ3v) is 6.32. The van der Waals surface area contributed by atoms with Crippen LogP contribution in [-0.4, -0.2) is 39.1 Å². The Kier molecular flexibility index (Phi) is 7.21. The van der Waals surface area contributed by atoms with Gasteiger partial charge in [-0.25, -0.2) is 0 Å². The van der Waals surface area contributed by atoms with Crippen molar-refractivity contribution in [2.75, 3.05) is 12.9 Å². The lowest BCUT2D eigenvalue weighted by Gasteiger charge is -2.27. The molecule has 0 bridgehead atoms. The number of hydrogen-bond acceptors (Lipinski definition) is 6. The van der Waals surface area contributed by atoms with Crippen LogP contribution in [0.3, 0.4) is 0 Å².